The SMILES string of the molecule is Cc1nc(CCN)cc(N2CCC([C@H](C)N3CCN(C)CC3)CC2)n1. The fourth-order valence-corrected chi connectivity index (χ4v) is 4.19. The molecule has 2 saturated heterocycles. The summed E-state index contributed by atoms with van der Waals surface area (Å²) in [5.41, 5.74) is 6.76. The summed E-state index contributed by atoms with van der Waals surface area (Å²) < 4.78 is 0. The number of hydrogen-bond acceptors (Lipinski definition) is 6. The van der Waals surface area contributed by atoms with Crippen LogP contribution in [0.2, 0.25) is 0 Å². The molecule has 0 aromatic carbocycles. The summed E-state index contributed by atoms with van der Waals surface area (Å²) >= 11 is 0. The molecule has 2 aliphatic heterocycles. The van der Waals surface area contributed by atoms with Crippen LogP contribution in [0.25, 0.3) is 0 Å². The maximum atomic E-state index is 5.69. The van der Waals surface area contributed by atoms with Crippen LogP contribution in [0.5, 0.6) is 0 Å². The quantitative estimate of drug-likeness (QED) is 0.863. The van der Waals surface area contributed by atoms with Gasteiger partial charge in [0.05, 0.1) is 0 Å². The summed E-state index contributed by atoms with van der Waals surface area (Å²) in [5.74, 6) is 2.74. The molecule has 0 saturated carbocycles. The van der Waals surface area contributed by atoms with Gasteiger partial charge in [-0.2, -0.15) is 0 Å². The van der Waals surface area contributed by atoms with Gasteiger partial charge in [0, 0.05) is 63.5 Å². The molecule has 0 radical (unpaired) electrons. The minimum atomic E-state index is 0.639. The van der Waals surface area contributed by atoms with Crippen molar-refractivity contribution in [3.8, 4) is 0 Å². The van der Waals surface area contributed by atoms with E-state index in [1.807, 2.05) is 6.92 Å². The van der Waals surface area contributed by atoms with E-state index in [2.05, 4.69) is 44.7 Å². The number of rotatable bonds is 5. The lowest BCUT2D eigenvalue weighted by molar-refractivity contribution is 0.0813. The average molecular weight is 347 g/mol. The molecule has 1 atom stereocenters. The van der Waals surface area contributed by atoms with E-state index >= 15 is 0 Å². The van der Waals surface area contributed by atoms with Gasteiger partial charge in [-0.3, -0.25) is 4.90 Å². The maximum Gasteiger partial charge on any atom is 0.132 e. The molecule has 0 unspecified atom stereocenters. The highest BCUT2D eigenvalue weighted by Gasteiger charge is 2.29. The lowest BCUT2D eigenvalue weighted by Crippen LogP contribution is -2.51. The van der Waals surface area contributed by atoms with Crippen molar-refractivity contribution in [1.29, 1.82) is 0 Å². The van der Waals surface area contributed by atoms with Crippen molar-refractivity contribution >= 4 is 5.82 Å². The molecule has 6 heteroatoms. The third-order valence-corrected chi connectivity index (χ3v) is 5.94. The molecule has 140 valence electrons. The first-order valence-electron chi connectivity index (χ1n) is 9.79. The molecule has 1 aromatic rings. The van der Waals surface area contributed by atoms with Crippen molar-refractivity contribution in [3.05, 3.63) is 17.6 Å². The van der Waals surface area contributed by atoms with Crippen molar-refractivity contribution in [1.82, 2.24) is 19.8 Å². The Balaban J connectivity index is 1.56. The Morgan fingerprint density at radius 2 is 1.80 bits per heavy atom. The molecule has 0 aliphatic carbocycles. The van der Waals surface area contributed by atoms with Crippen LogP contribution in [0.15, 0.2) is 6.07 Å². The average Bonchev–Trinajstić information content (AvgIpc) is 2.62. The van der Waals surface area contributed by atoms with Gasteiger partial charge in [0.25, 0.3) is 0 Å². The van der Waals surface area contributed by atoms with Gasteiger partial charge in [-0.05, 0) is 46.2 Å². The smallest absolute Gasteiger partial charge is 0.132 e. The predicted molar refractivity (Wildman–Crippen MR) is 103 cm³/mol. The Kier molecular flexibility index (Phi) is 6.25. The first-order valence-corrected chi connectivity index (χ1v) is 9.79. The predicted octanol–water partition coefficient (Wildman–Crippen LogP) is 1.14. The lowest BCUT2D eigenvalue weighted by atomic mass is 9.89. The van der Waals surface area contributed by atoms with E-state index < -0.39 is 0 Å². The Labute approximate surface area is 152 Å². The van der Waals surface area contributed by atoms with Crippen molar-refractivity contribution in [2.75, 3.05) is 57.8 Å². The van der Waals surface area contributed by atoms with E-state index in [-0.39, 0.29) is 0 Å². The normalized spacial score (nSPS) is 22.3. The van der Waals surface area contributed by atoms with Crippen LogP contribution in [0.1, 0.15) is 31.3 Å². The number of likely N-dealkylation sites (N-methyl/N-ethyl adjacent to an activating group) is 1. The monoisotopic (exact) mass is 346 g/mol. The van der Waals surface area contributed by atoms with Crippen LogP contribution in [-0.2, 0) is 6.42 Å². The molecule has 3 rings (SSSR count). The zero-order valence-electron chi connectivity index (χ0n) is 16.1. The summed E-state index contributed by atoms with van der Waals surface area (Å²) in [6.07, 6.45) is 3.33. The summed E-state index contributed by atoms with van der Waals surface area (Å²) in [5, 5.41) is 0. The first-order chi connectivity index (χ1) is 12.1. The van der Waals surface area contributed by atoms with Gasteiger partial charge in [-0.25, -0.2) is 9.97 Å². The molecule has 3 heterocycles. The second-order valence-corrected chi connectivity index (χ2v) is 7.71. The summed E-state index contributed by atoms with van der Waals surface area (Å²) in [4.78, 5) is 16.7. The van der Waals surface area contributed by atoms with Gasteiger partial charge >= 0.3 is 0 Å². The lowest BCUT2D eigenvalue weighted by Gasteiger charge is -2.43. The van der Waals surface area contributed by atoms with Gasteiger partial charge < -0.3 is 15.5 Å². The number of anilines is 1. The number of aryl methyl sites for hydroxylation is 1. The first kappa shape index (κ1) is 18.5. The van der Waals surface area contributed by atoms with Crippen molar-refractivity contribution in [2.24, 2.45) is 11.7 Å². The maximum absolute atomic E-state index is 5.69. The van der Waals surface area contributed by atoms with Gasteiger partial charge in [0.1, 0.15) is 11.6 Å². The third-order valence-electron chi connectivity index (χ3n) is 5.94. The largest absolute Gasteiger partial charge is 0.356 e. The minimum Gasteiger partial charge on any atom is -0.356 e. The van der Waals surface area contributed by atoms with E-state index in [9.17, 15) is 0 Å². The van der Waals surface area contributed by atoms with E-state index in [0.717, 1.165) is 42.8 Å². The van der Waals surface area contributed by atoms with E-state index in [1.165, 1.54) is 39.0 Å². The molecule has 0 spiro atoms. The van der Waals surface area contributed by atoms with Gasteiger partial charge in [0.2, 0.25) is 0 Å². The van der Waals surface area contributed by atoms with E-state index in [1.54, 1.807) is 0 Å². The van der Waals surface area contributed by atoms with Crippen LogP contribution in [0, 0.1) is 12.8 Å². The van der Waals surface area contributed by atoms with Crippen LogP contribution < -0.4 is 10.6 Å². The molecule has 2 N–H and O–H groups in total. The standard InChI is InChI=1S/C19H34N6/c1-15(24-12-10-23(3)11-13-24)17-5-8-25(9-6-17)19-14-18(4-7-20)21-16(2)22-19/h14-15,17H,4-13,20H2,1-3H3/t15-/m0/s1. The van der Waals surface area contributed by atoms with Crippen molar-refractivity contribution in [2.45, 2.75) is 39.2 Å². The minimum absolute atomic E-state index is 0.639. The van der Waals surface area contributed by atoms with Gasteiger partial charge in [-0.15, -0.1) is 0 Å². The molecule has 1 aromatic heterocycles. The molecule has 6 nitrogen and oxygen atoms in total. The van der Waals surface area contributed by atoms with Crippen molar-refractivity contribution in [3.63, 3.8) is 0 Å². The molecular weight excluding hydrogens is 312 g/mol. The fourth-order valence-electron chi connectivity index (χ4n) is 4.19. The third kappa shape index (κ3) is 4.68. The van der Waals surface area contributed by atoms with Crippen LogP contribution in [-0.4, -0.2) is 78.7 Å². The number of piperidine rings is 1. The van der Waals surface area contributed by atoms with E-state index in [0.29, 0.717) is 12.6 Å². The second-order valence-electron chi connectivity index (χ2n) is 7.71. The number of hydrogen-bond donors (Lipinski definition) is 1. The topological polar surface area (TPSA) is 61.5 Å². The van der Waals surface area contributed by atoms with Crippen LogP contribution in [0.4, 0.5) is 5.82 Å². The summed E-state index contributed by atoms with van der Waals surface area (Å²) in [6.45, 7) is 12.1. The Bertz CT molecular complexity index is 547. The molecular formula is C19H34N6. The van der Waals surface area contributed by atoms with Gasteiger partial charge in [0.15, 0.2) is 0 Å². The highest BCUT2D eigenvalue weighted by atomic mass is 15.3. The molecule has 0 amide bonds. The fraction of sp³-hybridized carbons (Fsp3) is 0.789. The zero-order chi connectivity index (χ0) is 17.8. The number of nitrogens with zero attached hydrogens (tertiary/aromatic N) is 5. The summed E-state index contributed by atoms with van der Waals surface area (Å²) in [7, 11) is 2.23. The summed E-state index contributed by atoms with van der Waals surface area (Å²) in [6, 6.07) is 2.82. The highest BCUT2D eigenvalue weighted by molar-refractivity contribution is 5.40. The zero-order valence-corrected chi connectivity index (χ0v) is 16.1. The Morgan fingerprint density at radius 1 is 1.12 bits per heavy atom. The number of nitrogens with two attached hydrogens (primary N) is 1. The van der Waals surface area contributed by atoms with Crippen LogP contribution in [0.3, 0.4) is 0 Å². The number of aromatic nitrogens is 2. The second kappa shape index (κ2) is 8.43. The molecule has 25 heavy (non-hydrogen) atoms. The van der Waals surface area contributed by atoms with Gasteiger partial charge in [-0.1, -0.05) is 0 Å². The Morgan fingerprint density at radius 3 is 2.44 bits per heavy atom. The molecule has 0 bridgehead atoms. The van der Waals surface area contributed by atoms with E-state index in [4.69, 9.17) is 5.73 Å². The van der Waals surface area contributed by atoms with Crippen LogP contribution >= 0.6 is 0 Å². The number of piperazine rings is 1. The Hall–Kier alpha value is -1.24. The van der Waals surface area contributed by atoms with Crippen molar-refractivity contribution < 1.29 is 0 Å². The molecule has 2 aliphatic rings. The molecule has 2 fully saturated rings. The highest BCUT2D eigenvalue weighted by Crippen LogP contribution is 2.27.